The van der Waals surface area contributed by atoms with Gasteiger partial charge in [0.25, 0.3) is 5.91 Å². The largest absolute Gasteiger partial charge is 0.440 e. The van der Waals surface area contributed by atoms with Crippen molar-refractivity contribution < 1.29 is 9.21 Å². The van der Waals surface area contributed by atoms with Crippen molar-refractivity contribution >= 4 is 17.5 Å². The molecule has 17 heavy (non-hydrogen) atoms. The van der Waals surface area contributed by atoms with Gasteiger partial charge in [0.2, 0.25) is 0 Å². The Hall–Kier alpha value is -1.00. The molecule has 94 valence electrons. The van der Waals surface area contributed by atoms with E-state index < -0.39 is 0 Å². The van der Waals surface area contributed by atoms with Crippen LogP contribution < -0.4 is 0 Å². The lowest BCUT2D eigenvalue weighted by Crippen LogP contribution is -2.35. The molecule has 0 aliphatic carbocycles. The number of carbonyl (C=O) groups excluding carboxylic acids is 1. The standard InChI is InChI=1S/C12H17ClN2O2/c1-8-6-15(7-9(8)14(2)3)12(16)10-4-5-11(13)17-10/h4-5,8-9H,6-7H2,1-3H3. The summed E-state index contributed by atoms with van der Waals surface area (Å²) in [6.07, 6.45) is 0. The number of rotatable bonds is 2. The number of nitrogens with zero attached hydrogens (tertiary/aromatic N) is 2. The third-order valence-electron chi connectivity index (χ3n) is 3.31. The maximum Gasteiger partial charge on any atom is 0.289 e. The molecule has 0 radical (unpaired) electrons. The Kier molecular flexibility index (Phi) is 3.45. The Bertz CT molecular complexity index is 416. The highest BCUT2D eigenvalue weighted by molar-refractivity contribution is 6.29. The summed E-state index contributed by atoms with van der Waals surface area (Å²) in [4.78, 5) is 16.1. The molecule has 0 N–H and O–H groups in total. The molecule has 4 nitrogen and oxygen atoms in total. The molecule has 2 unspecified atom stereocenters. The monoisotopic (exact) mass is 256 g/mol. The molecule has 0 spiro atoms. The number of halogens is 1. The Labute approximate surface area is 106 Å². The van der Waals surface area contributed by atoms with Gasteiger partial charge in [-0.05, 0) is 43.7 Å². The molecule has 0 aromatic carbocycles. The molecule has 1 aromatic rings. The molecule has 5 heteroatoms. The van der Waals surface area contributed by atoms with Crippen molar-refractivity contribution in [1.29, 1.82) is 0 Å². The van der Waals surface area contributed by atoms with E-state index in [4.69, 9.17) is 16.0 Å². The van der Waals surface area contributed by atoms with Gasteiger partial charge in [-0.15, -0.1) is 0 Å². The van der Waals surface area contributed by atoms with Crippen LogP contribution in [0.4, 0.5) is 0 Å². The predicted molar refractivity (Wildman–Crippen MR) is 66.3 cm³/mol. The minimum atomic E-state index is -0.0758. The van der Waals surface area contributed by atoms with Crippen molar-refractivity contribution in [3.63, 3.8) is 0 Å². The number of likely N-dealkylation sites (tertiary alicyclic amines) is 1. The number of hydrogen-bond donors (Lipinski definition) is 0. The Morgan fingerprint density at radius 1 is 1.47 bits per heavy atom. The quantitative estimate of drug-likeness (QED) is 0.812. The normalized spacial score (nSPS) is 24.6. The fraction of sp³-hybridized carbons (Fsp3) is 0.583. The molecule has 1 fully saturated rings. The first-order valence-electron chi connectivity index (χ1n) is 5.70. The maximum absolute atomic E-state index is 12.1. The van der Waals surface area contributed by atoms with Gasteiger partial charge in [-0.1, -0.05) is 6.92 Å². The third kappa shape index (κ3) is 2.48. The van der Waals surface area contributed by atoms with Crippen LogP contribution in [0.2, 0.25) is 5.22 Å². The van der Waals surface area contributed by atoms with Gasteiger partial charge < -0.3 is 14.2 Å². The van der Waals surface area contributed by atoms with Crippen molar-refractivity contribution in [1.82, 2.24) is 9.80 Å². The summed E-state index contributed by atoms with van der Waals surface area (Å²) in [5.41, 5.74) is 0. The average Bonchev–Trinajstić information content (AvgIpc) is 2.83. The van der Waals surface area contributed by atoms with Crippen LogP contribution >= 0.6 is 11.6 Å². The fourth-order valence-corrected chi connectivity index (χ4v) is 2.52. The lowest BCUT2D eigenvalue weighted by atomic mass is 10.1. The minimum absolute atomic E-state index is 0.0758. The van der Waals surface area contributed by atoms with E-state index in [1.54, 1.807) is 12.1 Å². The summed E-state index contributed by atoms with van der Waals surface area (Å²) < 4.78 is 5.15. The van der Waals surface area contributed by atoms with Crippen LogP contribution in [-0.2, 0) is 0 Å². The highest BCUT2D eigenvalue weighted by Gasteiger charge is 2.34. The van der Waals surface area contributed by atoms with Crippen LogP contribution in [-0.4, -0.2) is 48.9 Å². The van der Waals surface area contributed by atoms with Gasteiger partial charge in [-0.25, -0.2) is 0 Å². The zero-order chi connectivity index (χ0) is 12.6. The fourth-order valence-electron chi connectivity index (χ4n) is 2.37. The number of likely N-dealkylation sites (N-methyl/N-ethyl adjacent to an activating group) is 1. The molecular weight excluding hydrogens is 240 g/mol. The Balaban J connectivity index is 2.08. The van der Waals surface area contributed by atoms with Crippen LogP contribution in [0.3, 0.4) is 0 Å². The van der Waals surface area contributed by atoms with Gasteiger partial charge in [0, 0.05) is 19.1 Å². The highest BCUT2D eigenvalue weighted by Crippen LogP contribution is 2.23. The lowest BCUT2D eigenvalue weighted by molar-refractivity contribution is 0.0750. The van der Waals surface area contributed by atoms with Crippen LogP contribution in [0.5, 0.6) is 0 Å². The zero-order valence-electron chi connectivity index (χ0n) is 10.3. The summed E-state index contributed by atoms with van der Waals surface area (Å²) in [5.74, 6) is 0.717. The number of amides is 1. The summed E-state index contributed by atoms with van der Waals surface area (Å²) in [6, 6.07) is 3.63. The number of furan rings is 1. The molecule has 2 rings (SSSR count). The van der Waals surface area contributed by atoms with Gasteiger partial charge in [0.1, 0.15) is 0 Å². The minimum Gasteiger partial charge on any atom is -0.440 e. The molecule has 0 bridgehead atoms. The van der Waals surface area contributed by atoms with Gasteiger partial charge in [-0.2, -0.15) is 0 Å². The molecule has 2 atom stereocenters. The number of carbonyl (C=O) groups is 1. The van der Waals surface area contributed by atoms with E-state index in [1.165, 1.54) is 0 Å². The second-order valence-corrected chi connectivity index (χ2v) is 5.19. The second kappa shape index (κ2) is 4.70. The topological polar surface area (TPSA) is 36.7 Å². The second-order valence-electron chi connectivity index (χ2n) is 4.82. The number of hydrogen-bond acceptors (Lipinski definition) is 3. The van der Waals surface area contributed by atoms with Crippen molar-refractivity contribution in [2.75, 3.05) is 27.2 Å². The van der Waals surface area contributed by atoms with Gasteiger partial charge in [0.15, 0.2) is 11.0 Å². The SMILES string of the molecule is CC1CN(C(=O)c2ccc(Cl)o2)CC1N(C)C. The zero-order valence-corrected chi connectivity index (χ0v) is 11.1. The summed E-state index contributed by atoms with van der Waals surface area (Å²) in [7, 11) is 4.08. The molecule has 1 aliphatic rings. The van der Waals surface area contributed by atoms with Crippen LogP contribution in [0.1, 0.15) is 17.5 Å². The lowest BCUT2D eigenvalue weighted by Gasteiger charge is -2.22. The van der Waals surface area contributed by atoms with Crippen molar-refractivity contribution in [2.45, 2.75) is 13.0 Å². The molecule has 1 aliphatic heterocycles. The third-order valence-corrected chi connectivity index (χ3v) is 3.51. The first kappa shape index (κ1) is 12.5. The van der Waals surface area contributed by atoms with Gasteiger partial charge in [0.05, 0.1) is 0 Å². The maximum atomic E-state index is 12.1. The average molecular weight is 257 g/mol. The molecule has 1 saturated heterocycles. The Morgan fingerprint density at radius 3 is 2.65 bits per heavy atom. The van der Waals surface area contributed by atoms with Gasteiger partial charge in [-0.3, -0.25) is 4.79 Å². The van der Waals surface area contributed by atoms with E-state index in [9.17, 15) is 4.79 Å². The van der Waals surface area contributed by atoms with Gasteiger partial charge >= 0.3 is 0 Å². The van der Waals surface area contributed by atoms with Crippen LogP contribution in [0.15, 0.2) is 16.5 Å². The van der Waals surface area contributed by atoms with Crippen molar-refractivity contribution in [3.05, 3.63) is 23.1 Å². The molecule has 2 heterocycles. The van der Waals surface area contributed by atoms with E-state index in [-0.39, 0.29) is 11.1 Å². The highest BCUT2D eigenvalue weighted by atomic mass is 35.5. The van der Waals surface area contributed by atoms with E-state index in [0.717, 1.165) is 13.1 Å². The van der Waals surface area contributed by atoms with Crippen LogP contribution in [0.25, 0.3) is 0 Å². The van der Waals surface area contributed by atoms with E-state index in [0.29, 0.717) is 17.7 Å². The summed E-state index contributed by atoms with van der Waals surface area (Å²) in [5, 5.41) is 0.254. The molecular formula is C12H17ClN2O2. The van der Waals surface area contributed by atoms with E-state index in [1.807, 2.05) is 19.0 Å². The predicted octanol–water partition coefficient (Wildman–Crippen LogP) is 1.96. The summed E-state index contributed by atoms with van der Waals surface area (Å²) in [6.45, 7) is 3.67. The first-order chi connectivity index (χ1) is 7.99. The summed E-state index contributed by atoms with van der Waals surface area (Å²) >= 11 is 5.67. The van der Waals surface area contributed by atoms with Crippen molar-refractivity contribution in [2.24, 2.45) is 5.92 Å². The smallest absolute Gasteiger partial charge is 0.289 e. The van der Waals surface area contributed by atoms with E-state index in [2.05, 4.69) is 11.8 Å². The molecule has 0 saturated carbocycles. The van der Waals surface area contributed by atoms with E-state index >= 15 is 0 Å². The molecule has 1 aromatic heterocycles. The van der Waals surface area contributed by atoms with Crippen LogP contribution in [0, 0.1) is 5.92 Å². The first-order valence-corrected chi connectivity index (χ1v) is 6.08. The Morgan fingerprint density at radius 2 is 2.18 bits per heavy atom. The van der Waals surface area contributed by atoms with Crippen molar-refractivity contribution in [3.8, 4) is 0 Å². The molecule has 1 amide bonds.